The fourth-order valence-corrected chi connectivity index (χ4v) is 3.43. The quantitative estimate of drug-likeness (QED) is 0.852. The van der Waals surface area contributed by atoms with Crippen molar-refractivity contribution < 1.29 is 4.79 Å². The topological polar surface area (TPSA) is 36.4 Å². The lowest BCUT2D eigenvalue weighted by atomic mass is 9.87. The summed E-state index contributed by atoms with van der Waals surface area (Å²) in [5.74, 6) is 0.712. The van der Waals surface area contributed by atoms with E-state index in [-0.39, 0.29) is 0 Å². The van der Waals surface area contributed by atoms with Crippen molar-refractivity contribution in [1.29, 1.82) is 0 Å². The molecule has 0 N–H and O–H groups in total. The highest BCUT2D eigenvalue weighted by Crippen LogP contribution is 2.28. The number of likely N-dealkylation sites (N-methyl/N-ethyl adjacent to an activating group) is 1. The van der Waals surface area contributed by atoms with E-state index >= 15 is 0 Å². The second-order valence-corrected chi connectivity index (χ2v) is 6.51. The number of rotatable bonds is 4. The maximum Gasteiger partial charge on any atom is 0.225 e. The van der Waals surface area contributed by atoms with Crippen LogP contribution >= 0.6 is 0 Å². The molecule has 4 nitrogen and oxygen atoms in total. The number of nitrogens with zero attached hydrogens (tertiary/aromatic N) is 3. The lowest BCUT2D eigenvalue weighted by molar-refractivity contribution is -0.143. The van der Waals surface area contributed by atoms with Gasteiger partial charge in [-0.25, -0.2) is 0 Å². The fraction of sp³-hybridized carbons (Fsp3) is 0.647. The van der Waals surface area contributed by atoms with Crippen molar-refractivity contribution in [3.63, 3.8) is 0 Å². The van der Waals surface area contributed by atoms with Crippen molar-refractivity contribution in [3.05, 3.63) is 30.1 Å². The summed E-state index contributed by atoms with van der Waals surface area (Å²) in [7, 11) is 2.14. The van der Waals surface area contributed by atoms with Crippen LogP contribution < -0.4 is 0 Å². The lowest BCUT2D eigenvalue weighted by Gasteiger charge is -2.45. The number of aromatic nitrogens is 1. The van der Waals surface area contributed by atoms with Crippen LogP contribution in [0.25, 0.3) is 0 Å². The maximum atomic E-state index is 12.4. The van der Waals surface area contributed by atoms with Crippen molar-refractivity contribution in [1.82, 2.24) is 14.8 Å². The van der Waals surface area contributed by atoms with Crippen LogP contribution in [-0.4, -0.2) is 46.9 Å². The third-order valence-electron chi connectivity index (χ3n) is 4.91. The van der Waals surface area contributed by atoms with Crippen LogP contribution in [0.1, 0.15) is 37.7 Å². The van der Waals surface area contributed by atoms with Crippen LogP contribution in [0.3, 0.4) is 0 Å². The Balaban J connectivity index is 1.45. The Morgan fingerprint density at radius 1 is 1.33 bits per heavy atom. The van der Waals surface area contributed by atoms with Gasteiger partial charge in [0.15, 0.2) is 0 Å². The predicted octanol–water partition coefficient (Wildman–Crippen LogP) is 2.30. The van der Waals surface area contributed by atoms with Gasteiger partial charge in [-0.1, -0.05) is 25.3 Å². The monoisotopic (exact) mass is 287 g/mol. The Labute approximate surface area is 127 Å². The summed E-state index contributed by atoms with van der Waals surface area (Å²) in [6, 6.07) is 4.58. The molecule has 4 heteroatoms. The molecule has 3 rings (SSSR count). The third kappa shape index (κ3) is 3.43. The number of amides is 1. The zero-order valence-electron chi connectivity index (χ0n) is 12.9. The molecule has 0 spiro atoms. The largest absolute Gasteiger partial charge is 0.339 e. The maximum absolute atomic E-state index is 12.4. The molecule has 0 radical (unpaired) electrons. The average molecular weight is 287 g/mol. The number of carbonyl (C=O) groups excluding carboxylic acids is 1. The summed E-state index contributed by atoms with van der Waals surface area (Å²) in [6.07, 6.45) is 9.69. The first kappa shape index (κ1) is 14.5. The van der Waals surface area contributed by atoms with Gasteiger partial charge in [-0.05, 0) is 31.5 Å². The van der Waals surface area contributed by atoms with Gasteiger partial charge in [-0.15, -0.1) is 0 Å². The smallest absolute Gasteiger partial charge is 0.225 e. The van der Waals surface area contributed by atoms with Gasteiger partial charge in [-0.2, -0.15) is 0 Å². The average Bonchev–Trinajstić information content (AvgIpc) is 2.47. The van der Waals surface area contributed by atoms with Crippen molar-refractivity contribution >= 4 is 5.91 Å². The van der Waals surface area contributed by atoms with E-state index in [0.717, 1.165) is 32.5 Å². The minimum Gasteiger partial charge on any atom is -0.339 e. The predicted molar refractivity (Wildman–Crippen MR) is 82.6 cm³/mol. The number of likely N-dealkylation sites (tertiary alicyclic amines) is 1. The highest BCUT2D eigenvalue weighted by molar-refractivity contribution is 5.79. The molecule has 2 fully saturated rings. The standard InChI is InChI=1S/C17H25N3O/c1-19(11-14-6-5-9-18-10-14)16-12-20(13-16)17(21)15-7-3-2-4-8-15/h5-6,9-10,15-16H,2-4,7-8,11-13H2,1H3. The Hall–Kier alpha value is -1.42. The van der Waals surface area contributed by atoms with Gasteiger partial charge >= 0.3 is 0 Å². The Bertz CT molecular complexity index is 464. The van der Waals surface area contributed by atoms with Crippen LogP contribution in [0.2, 0.25) is 0 Å². The molecule has 1 saturated carbocycles. The van der Waals surface area contributed by atoms with E-state index in [2.05, 4.69) is 27.9 Å². The van der Waals surface area contributed by atoms with Crippen LogP contribution in [0.15, 0.2) is 24.5 Å². The van der Waals surface area contributed by atoms with E-state index in [4.69, 9.17) is 0 Å². The first-order valence-electron chi connectivity index (χ1n) is 8.12. The SMILES string of the molecule is CN(Cc1cccnc1)C1CN(C(=O)C2CCCCC2)C1. The second kappa shape index (κ2) is 6.56. The summed E-state index contributed by atoms with van der Waals surface area (Å²) in [5.41, 5.74) is 1.23. The zero-order chi connectivity index (χ0) is 14.7. The van der Waals surface area contributed by atoms with Gasteiger partial charge in [-0.3, -0.25) is 14.7 Å². The molecule has 1 aliphatic heterocycles. The summed E-state index contributed by atoms with van der Waals surface area (Å²) < 4.78 is 0. The van der Waals surface area contributed by atoms with Crippen LogP contribution in [0.4, 0.5) is 0 Å². The molecule has 0 unspecified atom stereocenters. The van der Waals surface area contributed by atoms with Gasteiger partial charge in [0.05, 0.1) is 0 Å². The number of hydrogen-bond acceptors (Lipinski definition) is 3. The van der Waals surface area contributed by atoms with E-state index in [9.17, 15) is 4.79 Å². The summed E-state index contributed by atoms with van der Waals surface area (Å²) in [5, 5.41) is 0. The van der Waals surface area contributed by atoms with E-state index in [0.29, 0.717) is 17.9 Å². The Morgan fingerprint density at radius 3 is 2.76 bits per heavy atom. The number of hydrogen-bond donors (Lipinski definition) is 0. The molecule has 0 atom stereocenters. The van der Waals surface area contributed by atoms with Crippen molar-refractivity contribution in [2.24, 2.45) is 5.92 Å². The molecule has 1 saturated heterocycles. The first-order chi connectivity index (χ1) is 10.2. The first-order valence-corrected chi connectivity index (χ1v) is 8.12. The van der Waals surface area contributed by atoms with E-state index in [1.807, 2.05) is 12.3 Å². The van der Waals surface area contributed by atoms with Gasteiger partial charge in [0, 0.05) is 44.0 Å². The molecule has 0 aromatic carbocycles. The normalized spacial score (nSPS) is 20.6. The van der Waals surface area contributed by atoms with Gasteiger partial charge in [0.25, 0.3) is 0 Å². The molecular weight excluding hydrogens is 262 g/mol. The summed E-state index contributed by atoms with van der Waals surface area (Å²) in [6.45, 7) is 2.70. The fourth-order valence-electron chi connectivity index (χ4n) is 3.43. The number of pyridine rings is 1. The van der Waals surface area contributed by atoms with Gasteiger partial charge < -0.3 is 4.90 Å². The molecular formula is C17H25N3O. The van der Waals surface area contributed by atoms with E-state index < -0.39 is 0 Å². The minimum atomic E-state index is 0.309. The summed E-state index contributed by atoms with van der Waals surface area (Å²) >= 11 is 0. The van der Waals surface area contributed by atoms with Gasteiger partial charge in [0.1, 0.15) is 0 Å². The molecule has 1 aliphatic carbocycles. The van der Waals surface area contributed by atoms with E-state index in [1.165, 1.54) is 24.8 Å². The zero-order valence-corrected chi connectivity index (χ0v) is 12.9. The number of carbonyl (C=O) groups is 1. The summed E-state index contributed by atoms with van der Waals surface area (Å²) in [4.78, 5) is 20.9. The molecule has 1 aromatic rings. The Kier molecular flexibility index (Phi) is 4.54. The second-order valence-electron chi connectivity index (χ2n) is 6.51. The molecule has 114 valence electrons. The van der Waals surface area contributed by atoms with Crippen molar-refractivity contribution in [3.8, 4) is 0 Å². The van der Waals surface area contributed by atoms with Crippen molar-refractivity contribution in [2.75, 3.05) is 20.1 Å². The third-order valence-corrected chi connectivity index (χ3v) is 4.91. The highest BCUT2D eigenvalue weighted by atomic mass is 16.2. The Morgan fingerprint density at radius 2 is 2.10 bits per heavy atom. The molecule has 2 aliphatic rings. The molecule has 1 aromatic heterocycles. The molecule has 1 amide bonds. The van der Waals surface area contributed by atoms with E-state index in [1.54, 1.807) is 6.20 Å². The minimum absolute atomic E-state index is 0.309. The van der Waals surface area contributed by atoms with Crippen LogP contribution in [-0.2, 0) is 11.3 Å². The molecule has 21 heavy (non-hydrogen) atoms. The van der Waals surface area contributed by atoms with Crippen LogP contribution in [0.5, 0.6) is 0 Å². The lowest BCUT2D eigenvalue weighted by Crippen LogP contribution is -2.61. The van der Waals surface area contributed by atoms with Gasteiger partial charge in [0.2, 0.25) is 5.91 Å². The highest BCUT2D eigenvalue weighted by Gasteiger charge is 2.36. The molecule has 2 heterocycles. The molecule has 0 bridgehead atoms. The van der Waals surface area contributed by atoms with Crippen molar-refractivity contribution in [2.45, 2.75) is 44.7 Å². The van der Waals surface area contributed by atoms with Crippen LogP contribution in [0, 0.1) is 5.92 Å².